The lowest BCUT2D eigenvalue weighted by Gasteiger charge is -2.53. The largest absolute Gasteiger partial charge is 0.393 e. The van der Waals surface area contributed by atoms with Crippen LogP contribution >= 0.6 is 15.9 Å². The number of aliphatic hydroxyl groups is 1. The van der Waals surface area contributed by atoms with Crippen LogP contribution in [0.25, 0.3) is 0 Å². The van der Waals surface area contributed by atoms with Crippen molar-refractivity contribution in [3.8, 4) is 0 Å². The van der Waals surface area contributed by atoms with Crippen molar-refractivity contribution >= 4 is 15.9 Å². The molecule has 1 heterocycles. The summed E-state index contributed by atoms with van der Waals surface area (Å²) in [6, 6.07) is 8.30. The Morgan fingerprint density at radius 2 is 1.95 bits per heavy atom. The first-order valence-electron chi connectivity index (χ1n) is 7.50. The highest BCUT2D eigenvalue weighted by Crippen LogP contribution is 2.53. The van der Waals surface area contributed by atoms with Crippen molar-refractivity contribution in [2.75, 3.05) is 0 Å². The van der Waals surface area contributed by atoms with Gasteiger partial charge in [0, 0.05) is 4.47 Å². The van der Waals surface area contributed by atoms with E-state index >= 15 is 0 Å². The zero-order valence-corrected chi connectivity index (χ0v) is 13.9. The number of hydrogen-bond donors (Lipinski definition) is 1. The number of aliphatic hydroxyl groups excluding tert-OH is 1. The molecule has 0 aromatic heterocycles. The number of fused-ring (bicyclic) bond motifs is 2. The molecule has 0 radical (unpaired) electrons. The Morgan fingerprint density at radius 3 is 2.65 bits per heavy atom. The molecule has 1 aliphatic carbocycles. The molecule has 2 nitrogen and oxygen atoms in total. The summed E-state index contributed by atoms with van der Waals surface area (Å²) < 4.78 is 7.59. The minimum Gasteiger partial charge on any atom is -0.393 e. The molecule has 1 aromatic carbocycles. The third kappa shape index (κ3) is 2.34. The lowest BCUT2D eigenvalue weighted by molar-refractivity contribution is -0.215. The van der Waals surface area contributed by atoms with Gasteiger partial charge in [-0.15, -0.1) is 0 Å². The van der Waals surface area contributed by atoms with E-state index in [2.05, 4.69) is 54.9 Å². The highest BCUT2D eigenvalue weighted by molar-refractivity contribution is 9.10. The van der Waals surface area contributed by atoms with Crippen LogP contribution < -0.4 is 0 Å². The van der Waals surface area contributed by atoms with Crippen LogP contribution in [0.5, 0.6) is 0 Å². The molecule has 1 aliphatic heterocycles. The molecule has 110 valence electrons. The minimum absolute atomic E-state index is 0.0711. The normalized spacial score (nSPS) is 39.5. The lowest BCUT2D eigenvalue weighted by atomic mass is 9.63. The van der Waals surface area contributed by atoms with Crippen LogP contribution in [0.3, 0.4) is 0 Å². The van der Waals surface area contributed by atoms with E-state index in [1.807, 2.05) is 6.07 Å². The molecule has 20 heavy (non-hydrogen) atoms. The van der Waals surface area contributed by atoms with Gasteiger partial charge in [0.2, 0.25) is 0 Å². The fourth-order valence-electron chi connectivity index (χ4n) is 3.91. The topological polar surface area (TPSA) is 29.5 Å². The first-order chi connectivity index (χ1) is 9.40. The van der Waals surface area contributed by atoms with Crippen molar-refractivity contribution in [2.24, 2.45) is 17.8 Å². The van der Waals surface area contributed by atoms with E-state index in [-0.39, 0.29) is 17.8 Å². The second kappa shape index (κ2) is 5.11. The van der Waals surface area contributed by atoms with Crippen molar-refractivity contribution in [2.45, 2.75) is 51.4 Å². The fraction of sp³-hybridized carbons (Fsp3) is 0.647. The fourth-order valence-corrected chi connectivity index (χ4v) is 4.42. The molecule has 0 spiro atoms. The van der Waals surface area contributed by atoms with Crippen LogP contribution in [0, 0.1) is 17.8 Å². The van der Waals surface area contributed by atoms with Crippen LogP contribution in [-0.2, 0) is 4.74 Å². The molecule has 1 saturated carbocycles. The van der Waals surface area contributed by atoms with Gasteiger partial charge < -0.3 is 9.84 Å². The second-order valence-corrected chi connectivity index (χ2v) is 7.78. The summed E-state index contributed by atoms with van der Waals surface area (Å²) >= 11 is 3.65. The molecule has 3 heteroatoms. The van der Waals surface area contributed by atoms with Gasteiger partial charge >= 0.3 is 0 Å². The number of hydrogen-bond acceptors (Lipinski definition) is 2. The molecule has 3 rings (SSSR count). The Morgan fingerprint density at radius 1 is 1.25 bits per heavy atom. The average molecular weight is 339 g/mol. The minimum atomic E-state index is -0.202. The van der Waals surface area contributed by atoms with E-state index < -0.39 is 0 Å². The van der Waals surface area contributed by atoms with E-state index in [0.29, 0.717) is 17.8 Å². The van der Waals surface area contributed by atoms with Crippen LogP contribution in [0.15, 0.2) is 28.7 Å². The van der Waals surface area contributed by atoms with Crippen LogP contribution in [-0.4, -0.2) is 16.8 Å². The van der Waals surface area contributed by atoms with Crippen molar-refractivity contribution in [3.63, 3.8) is 0 Å². The van der Waals surface area contributed by atoms with Crippen molar-refractivity contribution in [1.82, 2.24) is 0 Å². The van der Waals surface area contributed by atoms with Gasteiger partial charge in [0.15, 0.2) is 0 Å². The molecule has 2 bridgehead atoms. The molecule has 2 aliphatic rings. The van der Waals surface area contributed by atoms with Gasteiger partial charge in [-0.25, -0.2) is 0 Å². The molecule has 2 unspecified atom stereocenters. The Labute approximate surface area is 129 Å². The third-order valence-corrected chi connectivity index (χ3v) is 6.10. The summed E-state index contributed by atoms with van der Waals surface area (Å²) in [6.45, 7) is 6.50. The van der Waals surface area contributed by atoms with Gasteiger partial charge in [-0.05, 0) is 56.1 Å². The lowest BCUT2D eigenvalue weighted by Crippen LogP contribution is -2.52. The summed E-state index contributed by atoms with van der Waals surface area (Å²) in [7, 11) is 0. The number of benzene rings is 1. The maximum absolute atomic E-state index is 10.4. The first-order valence-corrected chi connectivity index (χ1v) is 8.30. The van der Waals surface area contributed by atoms with Crippen molar-refractivity contribution < 1.29 is 9.84 Å². The van der Waals surface area contributed by atoms with Crippen molar-refractivity contribution in [1.29, 1.82) is 0 Å². The smallest absolute Gasteiger partial charge is 0.0874 e. The number of ether oxygens (including phenoxy) is 1. The average Bonchev–Trinajstić information content (AvgIpc) is 2.39. The molecule has 5 atom stereocenters. The molecule has 0 amide bonds. The maximum Gasteiger partial charge on any atom is 0.0874 e. The van der Waals surface area contributed by atoms with E-state index in [0.717, 1.165) is 17.3 Å². The third-order valence-electron chi connectivity index (χ3n) is 5.38. The molecular weight excluding hydrogens is 316 g/mol. The second-order valence-electron chi connectivity index (χ2n) is 6.92. The Kier molecular flexibility index (Phi) is 3.72. The maximum atomic E-state index is 10.4. The zero-order valence-electron chi connectivity index (χ0n) is 12.3. The SMILES string of the molecule is C[C@H]1C2CC(C[C@@H]1O)C(C)(C)O[C@H]2c1ccccc1Br. The van der Waals surface area contributed by atoms with Crippen LogP contribution in [0.4, 0.5) is 0 Å². The zero-order chi connectivity index (χ0) is 14.5. The van der Waals surface area contributed by atoms with E-state index in [1.165, 1.54) is 5.56 Å². The van der Waals surface area contributed by atoms with Crippen LogP contribution in [0.2, 0.25) is 0 Å². The Hall–Kier alpha value is -0.380. The van der Waals surface area contributed by atoms with Gasteiger partial charge in [-0.3, -0.25) is 0 Å². The first kappa shape index (κ1) is 14.6. The standard InChI is InChI=1S/C17H23BrO2/c1-10-13-8-11(9-15(10)19)17(2,3)20-16(13)12-6-4-5-7-14(12)18/h4-7,10-11,13,15-16,19H,8-9H2,1-3H3/t10-,11?,13?,15-,16-/m0/s1. The summed E-state index contributed by atoms with van der Waals surface area (Å²) in [5.74, 6) is 1.15. The molecule has 1 saturated heterocycles. The van der Waals surface area contributed by atoms with Gasteiger partial charge in [0.05, 0.1) is 17.8 Å². The van der Waals surface area contributed by atoms with Gasteiger partial charge in [0.1, 0.15) is 0 Å². The summed E-state index contributed by atoms with van der Waals surface area (Å²) in [6.07, 6.45) is 1.89. The van der Waals surface area contributed by atoms with E-state index in [4.69, 9.17) is 4.74 Å². The summed E-state index contributed by atoms with van der Waals surface area (Å²) in [4.78, 5) is 0. The summed E-state index contributed by atoms with van der Waals surface area (Å²) in [5.41, 5.74) is 1.04. The molecule has 1 aromatic rings. The quantitative estimate of drug-likeness (QED) is 0.826. The highest BCUT2D eigenvalue weighted by Gasteiger charge is 2.50. The predicted molar refractivity (Wildman–Crippen MR) is 83.4 cm³/mol. The van der Waals surface area contributed by atoms with Crippen LogP contribution in [0.1, 0.15) is 45.3 Å². The number of halogens is 1. The Bertz CT molecular complexity index is 500. The van der Waals surface area contributed by atoms with Gasteiger partial charge in [-0.1, -0.05) is 41.1 Å². The van der Waals surface area contributed by atoms with E-state index in [1.54, 1.807) is 0 Å². The predicted octanol–water partition coefficient (Wildman–Crippen LogP) is 4.32. The molecule has 1 N–H and O–H groups in total. The monoisotopic (exact) mass is 338 g/mol. The van der Waals surface area contributed by atoms with Gasteiger partial charge in [0.25, 0.3) is 0 Å². The molecule has 2 fully saturated rings. The number of rotatable bonds is 1. The van der Waals surface area contributed by atoms with Gasteiger partial charge in [-0.2, -0.15) is 0 Å². The highest BCUT2D eigenvalue weighted by atomic mass is 79.9. The van der Waals surface area contributed by atoms with E-state index in [9.17, 15) is 5.11 Å². The van der Waals surface area contributed by atoms with Crippen molar-refractivity contribution in [3.05, 3.63) is 34.3 Å². The Balaban J connectivity index is 2.00. The molecular formula is C17H23BrO2. The summed E-state index contributed by atoms with van der Waals surface area (Å²) in [5, 5.41) is 10.4.